The summed E-state index contributed by atoms with van der Waals surface area (Å²) in [5.41, 5.74) is 0.770. The summed E-state index contributed by atoms with van der Waals surface area (Å²) >= 11 is 13.0. The van der Waals surface area contributed by atoms with Gasteiger partial charge in [-0.05, 0) is 12.1 Å². The molecule has 3 aromatic heterocycles. The summed E-state index contributed by atoms with van der Waals surface area (Å²) in [6.45, 7) is 0. The number of carbonyl (C=O) groups excluding carboxylic acids is 1. The molecular weight excluding hydrogens is 337 g/mol. The number of rotatable bonds is 3. The van der Waals surface area contributed by atoms with Gasteiger partial charge in [-0.15, -0.1) is 16.4 Å². The first kappa shape index (κ1) is 14.1. The Balaban J connectivity index is 1.79. The molecule has 3 heterocycles. The number of aryl methyl sites for hydroxylation is 1. The molecule has 0 bridgehead atoms. The predicted octanol–water partition coefficient (Wildman–Crippen LogP) is 3.09. The molecule has 0 saturated heterocycles. The van der Waals surface area contributed by atoms with E-state index in [0.29, 0.717) is 14.2 Å². The Morgan fingerprint density at radius 2 is 2.24 bits per heavy atom. The first-order valence-corrected chi connectivity index (χ1v) is 7.20. The lowest BCUT2D eigenvalue weighted by Gasteiger charge is -1.95. The minimum Gasteiger partial charge on any atom is -0.403 e. The molecule has 7 nitrogen and oxygen atoms in total. The van der Waals surface area contributed by atoms with Crippen LogP contribution in [0.4, 0.5) is 6.01 Å². The number of anilines is 1. The number of hydrogen-bond donors (Lipinski definition) is 1. The largest absolute Gasteiger partial charge is 0.403 e. The number of nitrogens with one attached hydrogen (secondary N) is 1. The fraction of sp³-hybridized carbons (Fsp3) is 0.0909. The zero-order chi connectivity index (χ0) is 15.0. The van der Waals surface area contributed by atoms with E-state index in [1.807, 2.05) is 0 Å². The van der Waals surface area contributed by atoms with Crippen LogP contribution < -0.4 is 5.32 Å². The third-order valence-corrected chi connectivity index (χ3v) is 3.97. The van der Waals surface area contributed by atoms with Gasteiger partial charge in [-0.3, -0.25) is 14.8 Å². The van der Waals surface area contributed by atoms with Gasteiger partial charge in [0.2, 0.25) is 0 Å². The van der Waals surface area contributed by atoms with E-state index in [1.165, 1.54) is 16.0 Å². The van der Waals surface area contributed by atoms with Gasteiger partial charge >= 0.3 is 6.01 Å². The summed E-state index contributed by atoms with van der Waals surface area (Å²) in [4.78, 5) is 11.9. The molecule has 108 valence electrons. The summed E-state index contributed by atoms with van der Waals surface area (Å²) in [5, 5.41) is 14.0. The number of hydrogen-bond acceptors (Lipinski definition) is 6. The first-order valence-electron chi connectivity index (χ1n) is 5.62. The number of amides is 1. The lowest BCUT2D eigenvalue weighted by atomic mass is 10.3. The quantitative estimate of drug-likeness (QED) is 0.789. The van der Waals surface area contributed by atoms with Crippen LogP contribution in [0.25, 0.3) is 11.5 Å². The molecule has 1 amide bonds. The molecule has 0 spiro atoms. The average molecular weight is 344 g/mol. The highest BCUT2D eigenvalue weighted by molar-refractivity contribution is 7.20. The summed E-state index contributed by atoms with van der Waals surface area (Å²) in [6, 6.07) is 3.15. The van der Waals surface area contributed by atoms with Gasteiger partial charge in [0.15, 0.2) is 5.69 Å². The van der Waals surface area contributed by atoms with Crippen molar-refractivity contribution in [3.05, 3.63) is 32.7 Å². The number of nitrogens with zero attached hydrogens (tertiary/aromatic N) is 4. The smallest absolute Gasteiger partial charge is 0.322 e. The molecule has 10 heteroatoms. The van der Waals surface area contributed by atoms with Crippen molar-refractivity contribution in [2.75, 3.05) is 5.32 Å². The van der Waals surface area contributed by atoms with Crippen LogP contribution in [0.2, 0.25) is 8.67 Å². The van der Waals surface area contributed by atoms with Crippen LogP contribution in [-0.4, -0.2) is 25.9 Å². The molecule has 21 heavy (non-hydrogen) atoms. The van der Waals surface area contributed by atoms with E-state index >= 15 is 0 Å². The Bertz CT molecular complexity index is 809. The molecule has 0 saturated carbocycles. The summed E-state index contributed by atoms with van der Waals surface area (Å²) in [7, 11) is 1.71. The van der Waals surface area contributed by atoms with Gasteiger partial charge in [0.1, 0.15) is 4.34 Å². The maximum absolute atomic E-state index is 11.9. The maximum Gasteiger partial charge on any atom is 0.322 e. The van der Waals surface area contributed by atoms with Crippen molar-refractivity contribution in [1.29, 1.82) is 0 Å². The second kappa shape index (κ2) is 5.47. The Morgan fingerprint density at radius 1 is 1.43 bits per heavy atom. The van der Waals surface area contributed by atoms with Crippen molar-refractivity contribution in [3.63, 3.8) is 0 Å². The standard InChI is InChI=1S/C11H7Cl2N5O2S/c1-18-3-2-6(17-18)9(19)14-11-16-15-10(20-11)5-4-7(12)21-8(5)13/h2-4H,1H3,(H,14,16,19). The van der Waals surface area contributed by atoms with Gasteiger partial charge in [0.25, 0.3) is 11.8 Å². The van der Waals surface area contributed by atoms with Crippen LogP contribution in [0.1, 0.15) is 10.5 Å². The van der Waals surface area contributed by atoms with Crippen LogP contribution in [0.3, 0.4) is 0 Å². The topological polar surface area (TPSA) is 85.8 Å². The number of thiophene rings is 1. The van der Waals surface area contributed by atoms with Gasteiger partial charge in [0.05, 0.1) is 9.90 Å². The Kier molecular flexibility index (Phi) is 3.66. The van der Waals surface area contributed by atoms with E-state index in [9.17, 15) is 4.79 Å². The van der Waals surface area contributed by atoms with E-state index < -0.39 is 5.91 Å². The molecule has 0 atom stereocenters. The van der Waals surface area contributed by atoms with Crippen molar-refractivity contribution in [2.24, 2.45) is 7.05 Å². The van der Waals surface area contributed by atoms with Crippen molar-refractivity contribution in [2.45, 2.75) is 0 Å². The highest BCUT2D eigenvalue weighted by Crippen LogP contribution is 2.37. The third-order valence-electron chi connectivity index (χ3n) is 2.48. The number of halogens is 2. The maximum atomic E-state index is 11.9. The molecule has 3 aromatic rings. The van der Waals surface area contributed by atoms with Gasteiger partial charge in [-0.25, -0.2) is 0 Å². The number of carbonyl (C=O) groups is 1. The molecule has 0 aliphatic rings. The van der Waals surface area contributed by atoms with E-state index in [0.717, 1.165) is 0 Å². The average Bonchev–Trinajstić information content (AvgIpc) is 3.10. The third kappa shape index (κ3) is 2.92. The molecule has 0 aliphatic heterocycles. The van der Waals surface area contributed by atoms with Crippen molar-refractivity contribution >= 4 is 46.5 Å². The molecule has 0 unspecified atom stereocenters. The summed E-state index contributed by atoms with van der Waals surface area (Å²) in [6.07, 6.45) is 1.65. The Morgan fingerprint density at radius 3 is 2.86 bits per heavy atom. The number of aromatic nitrogens is 4. The second-order valence-electron chi connectivity index (χ2n) is 3.98. The highest BCUT2D eigenvalue weighted by atomic mass is 35.5. The molecule has 0 aliphatic carbocycles. The first-order chi connectivity index (χ1) is 10.0. The molecule has 0 fully saturated rings. The molecular formula is C11H7Cl2N5O2S. The zero-order valence-electron chi connectivity index (χ0n) is 10.5. The fourth-order valence-electron chi connectivity index (χ4n) is 1.57. The van der Waals surface area contributed by atoms with E-state index in [-0.39, 0.29) is 17.6 Å². The molecule has 1 N–H and O–H groups in total. The molecule has 0 radical (unpaired) electrons. The molecule has 0 aromatic carbocycles. The van der Waals surface area contributed by atoms with Crippen LogP contribution >= 0.6 is 34.5 Å². The lowest BCUT2D eigenvalue weighted by Crippen LogP contribution is -2.13. The van der Waals surface area contributed by atoms with Crippen molar-refractivity contribution in [3.8, 4) is 11.5 Å². The van der Waals surface area contributed by atoms with E-state index in [2.05, 4.69) is 20.6 Å². The summed E-state index contributed by atoms with van der Waals surface area (Å²) < 4.78 is 7.80. The van der Waals surface area contributed by atoms with E-state index in [4.69, 9.17) is 27.6 Å². The molecule has 3 rings (SSSR count). The normalized spacial score (nSPS) is 10.8. The fourth-order valence-corrected chi connectivity index (χ4v) is 3.01. The van der Waals surface area contributed by atoms with Gasteiger partial charge in [-0.1, -0.05) is 28.3 Å². The minimum absolute atomic E-state index is 0.0426. The van der Waals surface area contributed by atoms with Gasteiger partial charge in [-0.2, -0.15) is 5.10 Å². The van der Waals surface area contributed by atoms with Gasteiger partial charge in [0, 0.05) is 13.2 Å². The van der Waals surface area contributed by atoms with E-state index in [1.54, 1.807) is 25.4 Å². The van der Waals surface area contributed by atoms with Gasteiger partial charge < -0.3 is 4.42 Å². The van der Waals surface area contributed by atoms with Crippen LogP contribution in [0.15, 0.2) is 22.7 Å². The van der Waals surface area contributed by atoms with Crippen molar-refractivity contribution < 1.29 is 9.21 Å². The van der Waals surface area contributed by atoms with Crippen LogP contribution in [-0.2, 0) is 7.05 Å². The van der Waals surface area contributed by atoms with Crippen molar-refractivity contribution in [1.82, 2.24) is 20.0 Å². The SMILES string of the molecule is Cn1ccc(C(=O)Nc2nnc(-c3cc(Cl)sc3Cl)o2)n1. The van der Waals surface area contributed by atoms with Crippen LogP contribution in [0.5, 0.6) is 0 Å². The highest BCUT2D eigenvalue weighted by Gasteiger charge is 2.17. The predicted molar refractivity (Wildman–Crippen MR) is 78.8 cm³/mol. The van der Waals surface area contributed by atoms with Crippen LogP contribution in [0, 0.1) is 0 Å². The lowest BCUT2D eigenvalue weighted by molar-refractivity contribution is 0.101. The summed E-state index contributed by atoms with van der Waals surface area (Å²) in [5.74, 6) is -0.264. The zero-order valence-corrected chi connectivity index (χ0v) is 12.8. The second-order valence-corrected chi connectivity index (χ2v) is 6.26. The Hall–Kier alpha value is -1.90. The Labute approximate surface area is 132 Å². The minimum atomic E-state index is -0.444. The monoisotopic (exact) mass is 343 g/mol.